The maximum absolute atomic E-state index is 5.58. The van der Waals surface area contributed by atoms with E-state index in [-0.39, 0.29) is 0 Å². The van der Waals surface area contributed by atoms with E-state index in [9.17, 15) is 0 Å². The summed E-state index contributed by atoms with van der Waals surface area (Å²) >= 11 is 1.67. The van der Waals surface area contributed by atoms with Crippen LogP contribution in [0, 0.1) is 0 Å². The first kappa shape index (κ1) is 12.4. The SMILES string of the molecule is CC(NCc1ccc2c(c1)OCCO2)c1cncs1. The number of thiazole rings is 1. The number of aromatic nitrogens is 1. The number of nitrogens with zero attached hydrogens (tertiary/aromatic N) is 1. The van der Waals surface area contributed by atoms with Crippen molar-refractivity contribution in [2.24, 2.45) is 0 Å². The fourth-order valence-corrected chi connectivity index (χ4v) is 2.66. The second-order valence-electron chi connectivity index (χ2n) is 4.48. The Morgan fingerprint density at radius 1 is 1.32 bits per heavy atom. The van der Waals surface area contributed by atoms with Crippen LogP contribution in [0.2, 0.25) is 0 Å². The molecule has 2 heterocycles. The van der Waals surface area contributed by atoms with Gasteiger partial charge in [-0.25, -0.2) is 0 Å². The number of benzene rings is 1. The average molecular weight is 276 g/mol. The van der Waals surface area contributed by atoms with Gasteiger partial charge in [0.2, 0.25) is 0 Å². The molecule has 3 rings (SSSR count). The van der Waals surface area contributed by atoms with Gasteiger partial charge < -0.3 is 14.8 Å². The van der Waals surface area contributed by atoms with Gasteiger partial charge in [0.1, 0.15) is 13.2 Å². The monoisotopic (exact) mass is 276 g/mol. The molecule has 4 nitrogen and oxygen atoms in total. The maximum atomic E-state index is 5.58. The second kappa shape index (κ2) is 5.59. The van der Waals surface area contributed by atoms with Crippen LogP contribution >= 0.6 is 11.3 Å². The summed E-state index contributed by atoms with van der Waals surface area (Å²) in [6, 6.07) is 6.39. The topological polar surface area (TPSA) is 43.4 Å². The molecule has 1 aromatic heterocycles. The first-order chi connectivity index (χ1) is 9.33. The average Bonchev–Trinajstić information content (AvgIpc) is 2.99. The van der Waals surface area contributed by atoms with Gasteiger partial charge in [-0.2, -0.15) is 0 Å². The zero-order chi connectivity index (χ0) is 13.1. The highest BCUT2D eigenvalue weighted by Crippen LogP contribution is 2.30. The Labute approximate surface area is 116 Å². The predicted octanol–water partition coefficient (Wildman–Crippen LogP) is 2.77. The Bertz CT molecular complexity index is 542. The summed E-state index contributed by atoms with van der Waals surface area (Å²) in [7, 11) is 0. The molecule has 1 unspecified atom stereocenters. The number of hydrogen-bond acceptors (Lipinski definition) is 5. The lowest BCUT2D eigenvalue weighted by atomic mass is 10.2. The van der Waals surface area contributed by atoms with E-state index in [4.69, 9.17) is 9.47 Å². The molecule has 1 aliphatic rings. The molecule has 2 aromatic rings. The molecule has 100 valence electrons. The van der Waals surface area contributed by atoms with Crippen LogP contribution in [0.3, 0.4) is 0 Å². The third kappa shape index (κ3) is 2.88. The Morgan fingerprint density at radius 3 is 2.95 bits per heavy atom. The minimum absolute atomic E-state index is 0.306. The van der Waals surface area contributed by atoms with Gasteiger partial charge in [0, 0.05) is 23.7 Å². The summed E-state index contributed by atoms with van der Waals surface area (Å²) in [6.07, 6.45) is 1.91. The number of hydrogen-bond donors (Lipinski definition) is 1. The first-order valence-corrected chi connectivity index (χ1v) is 7.21. The third-order valence-corrected chi connectivity index (χ3v) is 4.06. The number of ether oxygens (including phenoxy) is 2. The Morgan fingerprint density at radius 2 is 2.16 bits per heavy atom. The molecule has 0 aliphatic carbocycles. The lowest BCUT2D eigenvalue weighted by Crippen LogP contribution is -2.18. The van der Waals surface area contributed by atoms with Crippen LogP contribution in [0.4, 0.5) is 0 Å². The number of nitrogens with one attached hydrogen (secondary N) is 1. The van der Waals surface area contributed by atoms with Gasteiger partial charge in [0.15, 0.2) is 11.5 Å². The van der Waals surface area contributed by atoms with E-state index in [1.54, 1.807) is 11.3 Å². The van der Waals surface area contributed by atoms with Gasteiger partial charge in [0.25, 0.3) is 0 Å². The van der Waals surface area contributed by atoms with E-state index in [1.807, 2.05) is 23.8 Å². The van der Waals surface area contributed by atoms with E-state index >= 15 is 0 Å². The normalized spacial score (nSPS) is 15.2. The highest BCUT2D eigenvalue weighted by Gasteiger charge is 2.12. The van der Waals surface area contributed by atoms with Crippen LogP contribution < -0.4 is 14.8 Å². The van der Waals surface area contributed by atoms with Gasteiger partial charge in [-0.3, -0.25) is 4.98 Å². The summed E-state index contributed by atoms with van der Waals surface area (Å²) in [4.78, 5) is 5.35. The Balaban J connectivity index is 1.64. The first-order valence-electron chi connectivity index (χ1n) is 6.33. The number of fused-ring (bicyclic) bond motifs is 1. The van der Waals surface area contributed by atoms with Crippen LogP contribution in [-0.2, 0) is 6.54 Å². The standard InChI is InChI=1S/C14H16N2O2S/c1-10(14-8-15-9-19-14)16-7-11-2-3-12-13(6-11)18-5-4-17-12/h2-3,6,8-10,16H,4-5,7H2,1H3. The van der Waals surface area contributed by atoms with Gasteiger partial charge in [0.05, 0.1) is 5.51 Å². The van der Waals surface area contributed by atoms with Crippen molar-refractivity contribution in [3.63, 3.8) is 0 Å². The molecule has 0 bridgehead atoms. The zero-order valence-electron chi connectivity index (χ0n) is 10.8. The molecule has 0 fully saturated rings. The third-order valence-electron chi connectivity index (χ3n) is 3.10. The van der Waals surface area contributed by atoms with Crippen LogP contribution in [0.15, 0.2) is 29.9 Å². The molecule has 19 heavy (non-hydrogen) atoms. The summed E-state index contributed by atoms with van der Waals surface area (Å²) in [5.41, 5.74) is 3.05. The molecule has 1 N–H and O–H groups in total. The quantitative estimate of drug-likeness (QED) is 0.932. The molecule has 0 radical (unpaired) electrons. The van der Waals surface area contributed by atoms with E-state index < -0.39 is 0 Å². The molecule has 0 spiro atoms. The highest BCUT2D eigenvalue weighted by molar-refractivity contribution is 7.09. The Hall–Kier alpha value is -1.59. The zero-order valence-corrected chi connectivity index (χ0v) is 11.6. The molecule has 0 saturated carbocycles. The molecular weight excluding hydrogens is 260 g/mol. The van der Waals surface area contributed by atoms with Crippen LogP contribution in [0.1, 0.15) is 23.4 Å². The molecule has 5 heteroatoms. The van der Waals surface area contributed by atoms with Crippen LogP contribution in [0.25, 0.3) is 0 Å². The van der Waals surface area contributed by atoms with Crippen molar-refractivity contribution in [2.75, 3.05) is 13.2 Å². The Kier molecular flexibility index (Phi) is 3.66. The summed E-state index contributed by atoms with van der Waals surface area (Å²) in [5, 5.41) is 3.48. The fraction of sp³-hybridized carbons (Fsp3) is 0.357. The van der Waals surface area contributed by atoms with Gasteiger partial charge >= 0.3 is 0 Å². The van der Waals surface area contributed by atoms with Crippen molar-refractivity contribution < 1.29 is 9.47 Å². The molecule has 1 aromatic carbocycles. The smallest absolute Gasteiger partial charge is 0.161 e. The molecule has 1 atom stereocenters. The second-order valence-corrected chi connectivity index (χ2v) is 5.40. The van der Waals surface area contributed by atoms with Crippen molar-refractivity contribution in [2.45, 2.75) is 19.5 Å². The van der Waals surface area contributed by atoms with E-state index in [0.717, 1.165) is 18.0 Å². The maximum Gasteiger partial charge on any atom is 0.161 e. The van der Waals surface area contributed by atoms with Crippen LogP contribution in [-0.4, -0.2) is 18.2 Å². The van der Waals surface area contributed by atoms with E-state index in [2.05, 4.69) is 23.3 Å². The molecule has 1 aliphatic heterocycles. The number of rotatable bonds is 4. The minimum atomic E-state index is 0.306. The van der Waals surface area contributed by atoms with Crippen molar-refractivity contribution in [1.82, 2.24) is 10.3 Å². The van der Waals surface area contributed by atoms with Crippen molar-refractivity contribution in [3.8, 4) is 11.5 Å². The highest BCUT2D eigenvalue weighted by atomic mass is 32.1. The predicted molar refractivity (Wildman–Crippen MR) is 74.8 cm³/mol. The molecular formula is C14H16N2O2S. The van der Waals surface area contributed by atoms with Crippen molar-refractivity contribution in [1.29, 1.82) is 0 Å². The molecule has 0 amide bonds. The minimum Gasteiger partial charge on any atom is -0.486 e. The molecule has 0 saturated heterocycles. The van der Waals surface area contributed by atoms with Gasteiger partial charge in [-0.05, 0) is 24.6 Å². The largest absolute Gasteiger partial charge is 0.486 e. The fourth-order valence-electron chi connectivity index (χ4n) is 2.01. The van der Waals surface area contributed by atoms with Gasteiger partial charge in [-0.1, -0.05) is 6.07 Å². The van der Waals surface area contributed by atoms with Gasteiger partial charge in [-0.15, -0.1) is 11.3 Å². The lowest BCUT2D eigenvalue weighted by molar-refractivity contribution is 0.171. The lowest BCUT2D eigenvalue weighted by Gasteiger charge is -2.19. The van der Waals surface area contributed by atoms with E-state index in [0.29, 0.717) is 19.3 Å². The van der Waals surface area contributed by atoms with Crippen molar-refractivity contribution >= 4 is 11.3 Å². The van der Waals surface area contributed by atoms with Crippen LogP contribution in [0.5, 0.6) is 11.5 Å². The van der Waals surface area contributed by atoms with Crippen molar-refractivity contribution in [3.05, 3.63) is 40.3 Å². The summed E-state index contributed by atoms with van der Waals surface area (Å²) in [5.74, 6) is 1.68. The summed E-state index contributed by atoms with van der Waals surface area (Å²) < 4.78 is 11.1. The van der Waals surface area contributed by atoms with E-state index in [1.165, 1.54) is 10.4 Å². The summed E-state index contributed by atoms with van der Waals surface area (Å²) in [6.45, 7) is 4.20.